The first-order valence-corrected chi connectivity index (χ1v) is 13.0. The number of alkyl halides is 3. The lowest BCUT2D eigenvalue weighted by molar-refractivity contribution is -0.138. The number of benzene rings is 3. The van der Waals surface area contributed by atoms with Gasteiger partial charge in [-0.2, -0.15) is 13.2 Å². The van der Waals surface area contributed by atoms with Crippen LogP contribution in [0.15, 0.2) is 84.1 Å². The van der Waals surface area contributed by atoms with Crippen molar-refractivity contribution in [2.45, 2.75) is 43.8 Å². The summed E-state index contributed by atoms with van der Waals surface area (Å²) in [6.45, 7) is 0. The van der Waals surface area contributed by atoms with Crippen LogP contribution in [0.4, 0.5) is 24.5 Å². The molecule has 2 atom stereocenters. The maximum absolute atomic E-state index is 13.9. The molecule has 1 heterocycles. The summed E-state index contributed by atoms with van der Waals surface area (Å²) in [5.74, 6) is -1.64. The van der Waals surface area contributed by atoms with Gasteiger partial charge in [-0.1, -0.05) is 36.4 Å². The predicted octanol–water partition coefficient (Wildman–Crippen LogP) is 6.48. The Hall–Kier alpha value is -4.60. The summed E-state index contributed by atoms with van der Waals surface area (Å²) in [5, 5.41) is 12.6. The van der Waals surface area contributed by atoms with Crippen LogP contribution >= 0.6 is 0 Å². The predicted molar refractivity (Wildman–Crippen MR) is 146 cm³/mol. The van der Waals surface area contributed by atoms with E-state index >= 15 is 0 Å². The number of carbonyl (C=O) groups excluding carboxylic acids is 2. The van der Waals surface area contributed by atoms with Crippen molar-refractivity contribution in [3.05, 3.63) is 101 Å². The third-order valence-electron chi connectivity index (χ3n) is 7.45. The number of amides is 1. The quantitative estimate of drug-likeness (QED) is 0.356. The molecule has 41 heavy (non-hydrogen) atoms. The molecule has 0 radical (unpaired) electrons. The number of aliphatic carboxylic acids is 1. The highest BCUT2D eigenvalue weighted by Crippen LogP contribution is 2.48. The van der Waals surface area contributed by atoms with Crippen LogP contribution in [-0.4, -0.2) is 29.9 Å². The molecule has 10 heteroatoms. The average Bonchev–Trinajstić information content (AvgIpc) is 3.10. The highest BCUT2D eigenvalue weighted by molar-refractivity contribution is 6.06. The van der Waals surface area contributed by atoms with E-state index in [1.165, 1.54) is 24.1 Å². The maximum atomic E-state index is 13.9. The zero-order valence-corrected chi connectivity index (χ0v) is 22.1. The number of nitrogens with one attached hydrogen (secondary N) is 1. The average molecular weight is 565 g/mol. The van der Waals surface area contributed by atoms with E-state index in [9.17, 15) is 32.7 Å². The van der Waals surface area contributed by atoms with Gasteiger partial charge in [-0.25, -0.2) is 0 Å². The van der Waals surface area contributed by atoms with Crippen molar-refractivity contribution in [1.29, 1.82) is 0 Å². The number of hydrogen-bond acceptors (Lipinski definition) is 5. The number of Topliss-reactive ketones (excluding diaryl/α,β-unsaturated/α-hetero) is 1. The minimum absolute atomic E-state index is 0.0338. The summed E-state index contributed by atoms with van der Waals surface area (Å²) in [6, 6.07) is 17.9. The van der Waals surface area contributed by atoms with Crippen molar-refractivity contribution in [3.8, 4) is 5.75 Å². The minimum atomic E-state index is -4.47. The SMILES string of the molecule is COc1ccc([C@H]2C3=C(C[C@@H](c4ccc(C(F)(F)F)cc4)CC3=O)Nc3ccccc3N2C(=O)CCC(=O)O)cc1. The van der Waals surface area contributed by atoms with Gasteiger partial charge in [0.1, 0.15) is 5.75 Å². The second-order valence-corrected chi connectivity index (χ2v) is 10.0. The second-order valence-electron chi connectivity index (χ2n) is 10.0. The zero-order valence-electron chi connectivity index (χ0n) is 22.1. The van der Waals surface area contributed by atoms with Gasteiger partial charge in [-0.05, 0) is 59.9 Å². The molecule has 2 aliphatic rings. The second kappa shape index (κ2) is 11.1. The van der Waals surface area contributed by atoms with Gasteiger partial charge in [0.05, 0.1) is 36.5 Å². The largest absolute Gasteiger partial charge is 0.497 e. The van der Waals surface area contributed by atoms with E-state index in [1.54, 1.807) is 48.5 Å². The van der Waals surface area contributed by atoms with Crippen molar-refractivity contribution in [2.75, 3.05) is 17.3 Å². The number of nitrogens with zero attached hydrogens (tertiary/aromatic N) is 1. The lowest BCUT2D eigenvalue weighted by Gasteiger charge is -2.35. The summed E-state index contributed by atoms with van der Waals surface area (Å²) < 4.78 is 44.7. The smallest absolute Gasteiger partial charge is 0.416 e. The highest BCUT2D eigenvalue weighted by atomic mass is 19.4. The van der Waals surface area contributed by atoms with Gasteiger partial charge in [0.25, 0.3) is 0 Å². The van der Waals surface area contributed by atoms with E-state index in [2.05, 4.69) is 5.32 Å². The molecular weight excluding hydrogens is 537 g/mol. The summed E-state index contributed by atoms with van der Waals surface area (Å²) in [4.78, 5) is 40.4. The molecule has 0 saturated heterocycles. The number of allylic oxidation sites excluding steroid dienone is 1. The van der Waals surface area contributed by atoms with Crippen LogP contribution in [0.3, 0.4) is 0 Å². The Morgan fingerprint density at radius 1 is 0.951 bits per heavy atom. The third kappa shape index (κ3) is 5.68. The normalized spacial score (nSPS) is 18.6. The molecule has 0 unspecified atom stereocenters. The van der Waals surface area contributed by atoms with Crippen LogP contribution in [0.2, 0.25) is 0 Å². The number of methoxy groups -OCH3 is 1. The van der Waals surface area contributed by atoms with Crippen LogP contribution < -0.4 is 15.0 Å². The first-order chi connectivity index (χ1) is 19.6. The molecule has 2 N–H and O–H groups in total. The van der Waals surface area contributed by atoms with Crippen molar-refractivity contribution in [1.82, 2.24) is 0 Å². The summed E-state index contributed by atoms with van der Waals surface area (Å²) in [6.07, 6.45) is -4.76. The minimum Gasteiger partial charge on any atom is -0.497 e. The Labute approximate surface area is 234 Å². The van der Waals surface area contributed by atoms with Crippen LogP contribution in [-0.2, 0) is 20.6 Å². The van der Waals surface area contributed by atoms with Crippen LogP contribution in [0.25, 0.3) is 0 Å². The van der Waals surface area contributed by atoms with Gasteiger partial charge < -0.3 is 15.2 Å². The molecule has 5 rings (SSSR count). The number of fused-ring (bicyclic) bond motifs is 1. The van der Waals surface area contributed by atoms with Crippen LogP contribution in [0.1, 0.15) is 54.3 Å². The fraction of sp³-hybridized carbons (Fsp3) is 0.258. The zero-order chi connectivity index (χ0) is 29.3. The molecule has 0 aromatic heterocycles. The van der Waals surface area contributed by atoms with E-state index < -0.39 is 29.7 Å². The number of para-hydroxylation sites is 2. The van der Waals surface area contributed by atoms with E-state index in [1.807, 2.05) is 0 Å². The molecule has 3 aromatic carbocycles. The van der Waals surface area contributed by atoms with Gasteiger partial charge in [-0.3, -0.25) is 19.3 Å². The van der Waals surface area contributed by atoms with E-state index in [0.29, 0.717) is 45.9 Å². The molecule has 1 amide bonds. The number of anilines is 2. The first-order valence-electron chi connectivity index (χ1n) is 13.0. The Morgan fingerprint density at radius 3 is 2.24 bits per heavy atom. The number of ketones is 1. The number of carbonyl (C=O) groups is 3. The van der Waals surface area contributed by atoms with Crippen molar-refractivity contribution >= 4 is 29.0 Å². The molecule has 3 aromatic rings. The molecule has 0 spiro atoms. The highest BCUT2D eigenvalue weighted by Gasteiger charge is 2.41. The fourth-order valence-electron chi connectivity index (χ4n) is 5.48. The molecule has 0 saturated carbocycles. The number of ether oxygens (including phenoxy) is 1. The number of hydrogen-bond donors (Lipinski definition) is 2. The number of halogens is 3. The maximum Gasteiger partial charge on any atom is 0.416 e. The van der Waals surface area contributed by atoms with Gasteiger partial charge >= 0.3 is 12.1 Å². The Kier molecular flexibility index (Phi) is 7.57. The number of carboxylic acid groups (broad SMARTS) is 1. The Morgan fingerprint density at radius 2 is 1.61 bits per heavy atom. The van der Waals surface area contributed by atoms with Gasteiger partial charge in [-0.15, -0.1) is 0 Å². The topological polar surface area (TPSA) is 95.9 Å². The lowest BCUT2D eigenvalue weighted by Crippen LogP contribution is -2.38. The standard InChI is InChI=1S/C31H27F3N2O5/c1-41-22-12-8-19(9-13-22)30-29-24(16-20(17-26(29)37)18-6-10-21(11-7-18)31(32,33)34)35-23-4-2-3-5-25(23)36(30)27(38)14-15-28(39)40/h2-13,20,30,35H,14-17H2,1H3,(H,39,40)/t20-,30+/m1/s1. The van der Waals surface area contributed by atoms with Gasteiger partial charge in [0.15, 0.2) is 5.78 Å². The first kappa shape index (κ1) is 27.9. The molecule has 212 valence electrons. The van der Waals surface area contributed by atoms with E-state index in [4.69, 9.17) is 4.74 Å². The summed E-state index contributed by atoms with van der Waals surface area (Å²) >= 11 is 0. The van der Waals surface area contributed by atoms with Gasteiger partial charge in [0.2, 0.25) is 5.91 Å². The third-order valence-corrected chi connectivity index (χ3v) is 7.45. The monoisotopic (exact) mass is 564 g/mol. The van der Waals surface area contributed by atoms with Crippen LogP contribution in [0, 0.1) is 0 Å². The fourth-order valence-corrected chi connectivity index (χ4v) is 5.48. The molecule has 1 aliphatic heterocycles. The lowest BCUT2D eigenvalue weighted by atomic mass is 9.78. The van der Waals surface area contributed by atoms with Crippen molar-refractivity contribution in [2.24, 2.45) is 0 Å². The molecule has 7 nitrogen and oxygen atoms in total. The summed E-state index contributed by atoms with van der Waals surface area (Å²) in [7, 11) is 1.52. The van der Waals surface area contributed by atoms with Crippen molar-refractivity contribution < 1.29 is 37.4 Å². The molecule has 0 bridgehead atoms. The molecule has 0 fully saturated rings. The number of rotatable bonds is 6. The molecular formula is C31H27F3N2O5. The Bertz CT molecular complexity index is 1510. The summed E-state index contributed by atoms with van der Waals surface area (Å²) in [5.41, 5.74) is 2.43. The Balaban J connectivity index is 1.63. The van der Waals surface area contributed by atoms with E-state index in [0.717, 1.165) is 12.1 Å². The van der Waals surface area contributed by atoms with Crippen LogP contribution in [0.5, 0.6) is 5.75 Å². The van der Waals surface area contributed by atoms with E-state index in [-0.39, 0.29) is 31.0 Å². The van der Waals surface area contributed by atoms with Crippen molar-refractivity contribution in [3.63, 3.8) is 0 Å². The molecule has 1 aliphatic carbocycles. The number of carboxylic acids is 1. The van der Waals surface area contributed by atoms with Gasteiger partial charge in [0, 0.05) is 24.1 Å².